The van der Waals surface area contributed by atoms with Crippen LogP contribution in [-0.4, -0.2) is 73.6 Å². The SMILES string of the molecule is CN(C)[C@@H]1C(=O)C(C(N)=O)=C(O)[C@@]2(O)C(=O)C3=C(O)c4c(O)ccc(/C=C(\O)C5=CCCCC5)c4C[C@H]3C[C@@H]12. The van der Waals surface area contributed by atoms with Crippen LogP contribution >= 0.6 is 0 Å². The average molecular weight is 537 g/mol. The zero-order valence-corrected chi connectivity index (χ0v) is 21.8. The van der Waals surface area contributed by atoms with Gasteiger partial charge in [-0.2, -0.15) is 0 Å². The molecule has 0 spiro atoms. The van der Waals surface area contributed by atoms with E-state index in [0.717, 1.165) is 31.3 Å². The fourth-order valence-electron chi connectivity index (χ4n) is 6.71. The van der Waals surface area contributed by atoms with Crippen molar-refractivity contribution in [1.82, 2.24) is 4.90 Å². The molecule has 10 nitrogen and oxygen atoms in total. The van der Waals surface area contributed by atoms with Crippen LogP contribution < -0.4 is 5.73 Å². The van der Waals surface area contributed by atoms with E-state index in [-0.39, 0.29) is 35.5 Å². The van der Waals surface area contributed by atoms with Gasteiger partial charge in [-0.15, -0.1) is 0 Å². The zero-order chi connectivity index (χ0) is 28.4. The van der Waals surface area contributed by atoms with Gasteiger partial charge in [0.05, 0.1) is 11.6 Å². The molecule has 4 aliphatic carbocycles. The van der Waals surface area contributed by atoms with Crippen LogP contribution in [-0.2, 0) is 20.8 Å². The Morgan fingerprint density at radius 3 is 2.49 bits per heavy atom. The highest BCUT2D eigenvalue weighted by molar-refractivity contribution is 6.24. The van der Waals surface area contributed by atoms with Gasteiger partial charge < -0.3 is 31.3 Å². The van der Waals surface area contributed by atoms with Crippen molar-refractivity contribution in [3.05, 3.63) is 63.1 Å². The minimum absolute atomic E-state index is 0.00169. The molecular weight excluding hydrogens is 504 g/mol. The highest BCUT2D eigenvalue weighted by Gasteiger charge is 2.64. The van der Waals surface area contributed by atoms with Gasteiger partial charge in [-0.1, -0.05) is 12.1 Å². The molecule has 4 atom stereocenters. The van der Waals surface area contributed by atoms with Crippen molar-refractivity contribution < 1.29 is 39.9 Å². The summed E-state index contributed by atoms with van der Waals surface area (Å²) in [7, 11) is 3.11. The molecule has 1 fully saturated rings. The number of nitrogens with zero attached hydrogens (tertiary/aromatic N) is 1. The summed E-state index contributed by atoms with van der Waals surface area (Å²) in [6.07, 6.45) is 7.34. The first-order valence-electron chi connectivity index (χ1n) is 13.0. The Bertz CT molecular complexity index is 1430. The molecule has 0 radical (unpaired) electrons. The Morgan fingerprint density at radius 2 is 1.87 bits per heavy atom. The molecule has 4 aliphatic rings. The molecular formula is C29H32N2O8. The summed E-state index contributed by atoms with van der Waals surface area (Å²) in [6, 6.07) is 1.82. The summed E-state index contributed by atoms with van der Waals surface area (Å²) in [5, 5.41) is 55.4. The quantitative estimate of drug-likeness (QED) is 0.249. The van der Waals surface area contributed by atoms with Crippen LogP contribution in [0.1, 0.15) is 48.8 Å². The third-order valence-electron chi connectivity index (χ3n) is 8.55. The maximum absolute atomic E-state index is 13.9. The lowest BCUT2D eigenvalue weighted by Gasteiger charge is -2.50. The highest BCUT2D eigenvalue weighted by atomic mass is 16.3. The Hall–Kier alpha value is -3.89. The molecule has 1 aromatic carbocycles. The Kier molecular flexibility index (Phi) is 6.43. The molecule has 0 unspecified atom stereocenters. The van der Waals surface area contributed by atoms with Crippen molar-refractivity contribution in [1.29, 1.82) is 0 Å². The van der Waals surface area contributed by atoms with Crippen molar-refractivity contribution in [3.8, 4) is 5.75 Å². The molecule has 0 heterocycles. The first kappa shape index (κ1) is 26.7. The molecule has 206 valence electrons. The van der Waals surface area contributed by atoms with E-state index < -0.39 is 58.0 Å². The van der Waals surface area contributed by atoms with Crippen molar-refractivity contribution in [2.75, 3.05) is 14.1 Å². The molecule has 5 rings (SSSR count). The number of rotatable bonds is 4. The molecule has 0 aromatic heterocycles. The topological polar surface area (TPSA) is 182 Å². The summed E-state index contributed by atoms with van der Waals surface area (Å²) < 4.78 is 0. The van der Waals surface area contributed by atoms with Gasteiger partial charge in [0.1, 0.15) is 28.6 Å². The van der Waals surface area contributed by atoms with Gasteiger partial charge in [0.25, 0.3) is 5.91 Å². The molecule has 1 amide bonds. The van der Waals surface area contributed by atoms with E-state index in [9.17, 15) is 39.9 Å². The highest BCUT2D eigenvalue weighted by Crippen LogP contribution is 2.53. The number of hydrogen-bond acceptors (Lipinski definition) is 9. The summed E-state index contributed by atoms with van der Waals surface area (Å²) in [6.45, 7) is 0. The van der Waals surface area contributed by atoms with Gasteiger partial charge in [-0.25, -0.2) is 0 Å². The number of aliphatic hydroxyl groups excluding tert-OH is 3. The molecule has 10 heteroatoms. The minimum atomic E-state index is -2.68. The molecule has 0 bridgehead atoms. The van der Waals surface area contributed by atoms with Gasteiger partial charge in [0.15, 0.2) is 11.4 Å². The van der Waals surface area contributed by atoms with Crippen LogP contribution in [0.3, 0.4) is 0 Å². The lowest BCUT2D eigenvalue weighted by Crippen LogP contribution is -2.65. The van der Waals surface area contributed by atoms with E-state index in [1.54, 1.807) is 26.2 Å². The summed E-state index contributed by atoms with van der Waals surface area (Å²) >= 11 is 0. The third-order valence-corrected chi connectivity index (χ3v) is 8.55. The molecule has 1 aromatic rings. The standard InChI is InChI=1S/C29H32N2O8/c1-31(2)23-17-11-15-10-16-14(12-19(33)13-6-4-3-5-7-13)8-9-18(32)21(16)24(34)20(15)26(36)29(17,39)27(37)22(25(23)35)28(30)38/h6,8-9,12,15,17,23,32-34,37,39H,3-5,7,10-11H2,1-2H3,(H2,30,38)/b19-12-/t15-,17-,23-,29-/m0/s1. The smallest absolute Gasteiger partial charge is 0.255 e. The normalized spacial score (nSPS) is 29.2. The van der Waals surface area contributed by atoms with Gasteiger partial charge in [0.2, 0.25) is 5.78 Å². The largest absolute Gasteiger partial charge is 0.508 e. The number of primary amides is 1. The molecule has 0 aliphatic heterocycles. The Balaban J connectivity index is 1.68. The molecule has 39 heavy (non-hydrogen) atoms. The number of aromatic hydroxyl groups is 1. The van der Waals surface area contributed by atoms with Crippen LogP contribution in [0.15, 0.2) is 46.4 Å². The molecule has 0 saturated heterocycles. The van der Waals surface area contributed by atoms with Crippen molar-refractivity contribution in [2.45, 2.75) is 50.2 Å². The fourth-order valence-corrected chi connectivity index (χ4v) is 6.71. The number of phenols is 1. The number of benzene rings is 1. The lowest BCUT2D eigenvalue weighted by molar-refractivity contribution is -0.153. The molecule has 1 saturated carbocycles. The van der Waals surface area contributed by atoms with Crippen molar-refractivity contribution in [2.24, 2.45) is 17.6 Å². The fraction of sp³-hybridized carbons (Fsp3) is 0.414. The van der Waals surface area contributed by atoms with Gasteiger partial charge >= 0.3 is 0 Å². The number of Topliss-reactive ketones (excluding diaryl/α,β-unsaturated/α-hetero) is 2. The van der Waals surface area contributed by atoms with Crippen molar-refractivity contribution in [3.63, 3.8) is 0 Å². The van der Waals surface area contributed by atoms with Crippen LogP contribution in [0.4, 0.5) is 0 Å². The van der Waals surface area contributed by atoms with Gasteiger partial charge in [0, 0.05) is 11.5 Å². The van der Waals surface area contributed by atoms with Crippen LogP contribution in [0.2, 0.25) is 0 Å². The van der Waals surface area contributed by atoms with Crippen LogP contribution in [0.5, 0.6) is 5.75 Å². The maximum atomic E-state index is 13.9. The van der Waals surface area contributed by atoms with E-state index in [1.807, 2.05) is 6.08 Å². The van der Waals surface area contributed by atoms with Crippen molar-refractivity contribution >= 4 is 29.3 Å². The number of nitrogens with two attached hydrogens (primary N) is 1. The Morgan fingerprint density at radius 1 is 1.15 bits per heavy atom. The van der Waals surface area contributed by atoms with E-state index in [2.05, 4.69) is 0 Å². The van der Waals surface area contributed by atoms with Crippen LogP contribution in [0, 0.1) is 11.8 Å². The van der Waals surface area contributed by atoms with Gasteiger partial charge in [-0.05, 0) is 87.4 Å². The predicted octanol–water partition coefficient (Wildman–Crippen LogP) is 2.36. The summed E-state index contributed by atoms with van der Waals surface area (Å²) in [5.74, 6) is -6.85. The van der Waals surface area contributed by atoms with E-state index in [0.29, 0.717) is 11.1 Å². The van der Waals surface area contributed by atoms with E-state index >= 15 is 0 Å². The number of aliphatic hydroxyl groups is 4. The lowest BCUT2D eigenvalue weighted by atomic mass is 9.57. The number of allylic oxidation sites excluding steroid dienone is 2. The number of ketones is 2. The first-order chi connectivity index (χ1) is 18.4. The van der Waals surface area contributed by atoms with E-state index in [4.69, 9.17) is 5.73 Å². The number of amides is 1. The number of phenolic OH excluding ortho intramolecular Hbond substituents is 1. The van der Waals surface area contributed by atoms with Crippen LogP contribution in [0.25, 0.3) is 11.8 Å². The summed E-state index contributed by atoms with van der Waals surface area (Å²) in [4.78, 5) is 40.6. The van der Waals surface area contributed by atoms with Gasteiger partial charge in [-0.3, -0.25) is 19.3 Å². The predicted molar refractivity (Wildman–Crippen MR) is 141 cm³/mol. The monoisotopic (exact) mass is 536 g/mol. The Labute approximate surface area is 225 Å². The second-order valence-electron chi connectivity index (χ2n) is 11.0. The number of carbonyl (C=O) groups is 3. The number of hydrogen-bond donors (Lipinski definition) is 6. The first-order valence-corrected chi connectivity index (χ1v) is 13.0. The summed E-state index contributed by atoms with van der Waals surface area (Å²) in [5.41, 5.74) is 3.47. The maximum Gasteiger partial charge on any atom is 0.255 e. The van der Waals surface area contributed by atoms with E-state index in [1.165, 1.54) is 11.0 Å². The second-order valence-corrected chi connectivity index (χ2v) is 11.0. The number of fused-ring (bicyclic) bond motifs is 3. The number of carbonyl (C=O) groups excluding carboxylic acids is 3. The minimum Gasteiger partial charge on any atom is -0.508 e. The zero-order valence-electron chi connectivity index (χ0n) is 21.8. The third kappa shape index (κ3) is 3.89. The molecule has 7 N–H and O–H groups in total. The number of likely N-dealkylation sites (N-methyl/N-ethyl adjacent to an activating group) is 1. The second kappa shape index (κ2) is 9.39. The average Bonchev–Trinajstić information content (AvgIpc) is 2.88.